The number of carbonyl (C=O) groups is 1. The van der Waals surface area contributed by atoms with E-state index in [2.05, 4.69) is 15.5 Å². The smallest absolute Gasteiger partial charge is 0.259 e. The van der Waals surface area contributed by atoms with Crippen molar-refractivity contribution in [2.24, 2.45) is 5.14 Å². The lowest BCUT2D eigenvalue weighted by molar-refractivity contribution is 0.102. The number of hydrogen-bond acceptors (Lipinski definition) is 4. The summed E-state index contributed by atoms with van der Waals surface area (Å²) in [7, 11) is -3.87. The van der Waals surface area contributed by atoms with Gasteiger partial charge in [0.1, 0.15) is 0 Å². The van der Waals surface area contributed by atoms with Gasteiger partial charge >= 0.3 is 0 Å². The van der Waals surface area contributed by atoms with Crippen LogP contribution in [0.25, 0.3) is 0 Å². The Kier molecular flexibility index (Phi) is 3.80. The maximum absolute atomic E-state index is 12.0. The van der Waals surface area contributed by atoms with E-state index < -0.39 is 15.9 Å². The van der Waals surface area contributed by atoms with E-state index in [0.717, 1.165) is 0 Å². The van der Waals surface area contributed by atoms with Gasteiger partial charge in [-0.25, -0.2) is 13.6 Å². The lowest BCUT2D eigenvalue weighted by Crippen LogP contribution is -2.15. The molecule has 9 heteroatoms. The Morgan fingerprint density at radius 2 is 2.15 bits per heavy atom. The van der Waals surface area contributed by atoms with Crippen LogP contribution in [0.2, 0.25) is 5.02 Å². The number of nitrogens with one attached hydrogen (secondary N) is 2. The molecule has 4 N–H and O–H groups in total. The first kappa shape index (κ1) is 14.5. The zero-order valence-electron chi connectivity index (χ0n) is 10.3. The molecule has 0 aliphatic heterocycles. The molecule has 0 bridgehead atoms. The van der Waals surface area contributed by atoms with Crippen molar-refractivity contribution in [3.05, 3.63) is 40.7 Å². The summed E-state index contributed by atoms with van der Waals surface area (Å²) in [6.45, 7) is 1.68. The second-order valence-electron chi connectivity index (χ2n) is 4.05. The maximum Gasteiger partial charge on any atom is 0.259 e. The summed E-state index contributed by atoms with van der Waals surface area (Å²) in [5, 5.41) is 14.1. The first-order valence-corrected chi connectivity index (χ1v) is 7.35. The highest BCUT2D eigenvalue weighted by Gasteiger charge is 2.15. The van der Waals surface area contributed by atoms with Crippen LogP contribution in [0.5, 0.6) is 0 Å². The number of amides is 1. The molecule has 0 aliphatic rings. The molecule has 0 aliphatic carbocycles. The normalized spacial score (nSPS) is 11.3. The van der Waals surface area contributed by atoms with E-state index in [1.54, 1.807) is 6.92 Å². The number of hydrogen-bond donors (Lipinski definition) is 3. The molecule has 0 unspecified atom stereocenters. The molecule has 0 fully saturated rings. The first-order chi connectivity index (χ1) is 9.29. The number of rotatable bonds is 3. The van der Waals surface area contributed by atoms with Gasteiger partial charge in [-0.05, 0) is 25.1 Å². The lowest BCUT2D eigenvalue weighted by Gasteiger charge is -2.08. The van der Waals surface area contributed by atoms with Gasteiger partial charge in [-0.2, -0.15) is 5.10 Å². The van der Waals surface area contributed by atoms with Crippen LogP contribution < -0.4 is 10.5 Å². The fourth-order valence-corrected chi connectivity index (χ4v) is 2.25. The van der Waals surface area contributed by atoms with Gasteiger partial charge in [-0.15, -0.1) is 0 Å². The summed E-state index contributed by atoms with van der Waals surface area (Å²) in [5.74, 6) is -0.454. The lowest BCUT2D eigenvalue weighted by atomic mass is 10.2. The quantitative estimate of drug-likeness (QED) is 0.790. The average molecular weight is 315 g/mol. The Balaban J connectivity index is 2.34. The van der Waals surface area contributed by atoms with Gasteiger partial charge in [0.05, 0.1) is 27.4 Å². The van der Waals surface area contributed by atoms with E-state index in [9.17, 15) is 13.2 Å². The van der Waals surface area contributed by atoms with Crippen molar-refractivity contribution in [3.8, 4) is 0 Å². The number of aryl methyl sites for hydroxylation is 1. The molecule has 2 rings (SSSR count). The minimum absolute atomic E-state index is 0.138. The van der Waals surface area contributed by atoms with Gasteiger partial charge in [0, 0.05) is 5.69 Å². The minimum atomic E-state index is -3.87. The summed E-state index contributed by atoms with van der Waals surface area (Å²) < 4.78 is 22.5. The molecule has 2 aromatic rings. The summed E-state index contributed by atoms with van der Waals surface area (Å²) in [5.41, 5.74) is 1.08. The van der Waals surface area contributed by atoms with E-state index in [4.69, 9.17) is 16.7 Å². The number of H-pyrrole nitrogens is 1. The van der Waals surface area contributed by atoms with Gasteiger partial charge in [0.25, 0.3) is 5.91 Å². The summed E-state index contributed by atoms with van der Waals surface area (Å²) in [4.78, 5) is 11.9. The van der Waals surface area contributed by atoms with Crippen molar-refractivity contribution in [3.63, 3.8) is 0 Å². The number of benzene rings is 1. The molecular weight excluding hydrogens is 304 g/mol. The molecule has 20 heavy (non-hydrogen) atoms. The summed E-state index contributed by atoms with van der Waals surface area (Å²) in [6.07, 6.45) is 1.36. The minimum Gasteiger partial charge on any atom is -0.320 e. The van der Waals surface area contributed by atoms with E-state index in [1.165, 1.54) is 24.4 Å². The molecule has 0 atom stereocenters. The van der Waals surface area contributed by atoms with E-state index in [-0.39, 0.29) is 15.6 Å². The van der Waals surface area contributed by atoms with Crippen molar-refractivity contribution in [2.45, 2.75) is 11.8 Å². The largest absolute Gasteiger partial charge is 0.320 e. The van der Waals surface area contributed by atoms with Crippen molar-refractivity contribution in [2.75, 3.05) is 5.32 Å². The Hall–Kier alpha value is -1.90. The summed E-state index contributed by atoms with van der Waals surface area (Å²) in [6, 6.07) is 3.81. The SMILES string of the molecule is Cc1[nH]ncc1C(=O)Nc1cc(S(N)(=O)=O)ccc1Cl. The highest BCUT2D eigenvalue weighted by Crippen LogP contribution is 2.25. The second kappa shape index (κ2) is 5.23. The molecule has 0 radical (unpaired) electrons. The van der Waals surface area contributed by atoms with Gasteiger partial charge in [0.15, 0.2) is 0 Å². The van der Waals surface area contributed by atoms with Crippen LogP contribution in [0, 0.1) is 6.92 Å². The predicted molar refractivity (Wildman–Crippen MR) is 74.1 cm³/mol. The van der Waals surface area contributed by atoms with Crippen LogP contribution in [0.4, 0.5) is 5.69 Å². The fourth-order valence-electron chi connectivity index (χ4n) is 1.55. The van der Waals surface area contributed by atoms with Crippen molar-refractivity contribution in [1.82, 2.24) is 10.2 Å². The van der Waals surface area contributed by atoms with Crippen molar-refractivity contribution < 1.29 is 13.2 Å². The van der Waals surface area contributed by atoms with Crippen LogP contribution in [0.1, 0.15) is 16.1 Å². The van der Waals surface area contributed by atoms with Crippen LogP contribution in [-0.2, 0) is 10.0 Å². The highest BCUT2D eigenvalue weighted by atomic mass is 35.5. The summed E-state index contributed by atoms with van der Waals surface area (Å²) >= 11 is 5.92. The molecule has 0 saturated carbocycles. The number of sulfonamides is 1. The number of aromatic nitrogens is 2. The third-order valence-corrected chi connectivity index (χ3v) is 3.83. The Morgan fingerprint density at radius 1 is 1.45 bits per heavy atom. The van der Waals surface area contributed by atoms with Gasteiger partial charge < -0.3 is 5.32 Å². The standard InChI is InChI=1S/C11H11ClN4O3S/c1-6-8(5-14-16-6)11(17)15-10-4-7(20(13,18)19)2-3-9(10)12/h2-5H,1H3,(H,14,16)(H,15,17)(H2,13,18,19). The zero-order chi connectivity index (χ0) is 14.9. The average Bonchev–Trinajstić information content (AvgIpc) is 2.77. The molecule has 0 spiro atoms. The third kappa shape index (κ3) is 2.98. The molecule has 1 aromatic heterocycles. The van der Waals surface area contributed by atoms with E-state index >= 15 is 0 Å². The first-order valence-electron chi connectivity index (χ1n) is 5.42. The monoisotopic (exact) mass is 314 g/mol. The predicted octanol–water partition coefficient (Wildman–Crippen LogP) is 1.27. The van der Waals surface area contributed by atoms with Gasteiger partial charge in [0.2, 0.25) is 10.0 Å². The molecule has 106 valence electrons. The third-order valence-electron chi connectivity index (χ3n) is 2.59. The molecule has 1 aromatic carbocycles. The zero-order valence-corrected chi connectivity index (χ0v) is 11.9. The maximum atomic E-state index is 12.0. The Bertz CT molecular complexity index is 770. The number of nitrogens with two attached hydrogens (primary N) is 1. The van der Waals surface area contributed by atoms with Crippen LogP contribution in [-0.4, -0.2) is 24.5 Å². The number of nitrogens with zero attached hydrogens (tertiary/aromatic N) is 1. The van der Waals surface area contributed by atoms with Crippen molar-refractivity contribution >= 4 is 33.2 Å². The van der Waals surface area contributed by atoms with Crippen LogP contribution in [0.15, 0.2) is 29.3 Å². The number of carbonyl (C=O) groups excluding carboxylic acids is 1. The van der Waals surface area contributed by atoms with Gasteiger partial charge in [-0.1, -0.05) is 11.6 Å². The Morgan fingerprint density at radius 3 is 2.70 bits per heavy atom. The molecule has 1 heterocycles. The highest BCUT2D eigenvalue weighted by molar-refractivity contribution is 7.89. The number of primary sulfonamides is 1. The van der Waals surface area contributed by atoms with E-state index in [1.807, 2.05) is 0 Å². The number of anilines is 1. The van der Waals surface area contributed by atoms with Crippen molar-refractivity contribution in [1.29, 1.82) is 0 Å². The molecule has 0 saturated heterocycles. The Labute approximate surface area is 120 Å². The number of aromatic amines is 1. The van der Waals surface area contributed by atoms with E-state index in [0.29, 0.717) is 11.3 Å². The van der Waals surface area contributed by atoms with Crippen LogP contribution >= 0.6 is 11.6 Å². The number of halogens is 1. The molecule has 1 amide bonds. The van der Waals surface area contributed by atoms with Gasteiger partial charge in [-0.3, -0.25) is 9.89 Å². The second-order valence-corrected chi connectivity index (χ2v) is 6.02. The topological polar surface area (TPSA) is 118 Å². The molecular formula is C11H11ClN4O3S. The van der Waals surface area contributed by atoms with Crippen LogP contribution in [0.3, 0.4) is 0 Å². The fraction of sp³-hybridized carbons (Fsp3) is 0.0909. The molecule has 7 nitrogen and oxygen atoms in total.